The molecule has 1 unspecified atom stereocenters. The summed E-state index contributed by atoms with van der Waals surface area (Å²) < 4.78 is 4.06. The molecule has 0 aliphatic carbocycles. The van der Waals surface area contributed by atoms with Crippen LogP contribution >= 0.6 is 9.47 Å². The smallest absolute Gasteiger partial charge is 0.330 e. The second kappa shape index (κ2) is 4.44. The lowest BCUT2D eigenvalue weighted by molar-refractivity contribution is -0.131. The van der Waals surface area contributed by atoms with Crippen LogP contribution in [0.3, 0.4) is 0 Å². The molecular weight excluding hydrogens is 129 g/mol. The van der Waals surface area contributed by atoms with Crippen LogP contribution in [-0.2, 0) is 14.1 Å². The molecule has 0 aromatic heterocycles. The van der Waals surface area contributed by atoms with Crippen molar-refractivity contribution in [3.05, 3.63) is 0 Å². The fourth-order valence-electron chi connectivity index (χ4n) is 0.134. The van der Waals surface area contributed by atoms with E-state index in [0.29, 0.717) is 0 Å². The van der Waals surface area contributed by atoms with E-state index in [0.717, 1.165) is 0 Å². The van der Waals surface area contributed by atoms with Gasteiger partial charge in [-0.25, -0.2) is 9.59 Å². The molecule has 0 fully saturated rings. The Morgan fingerprint density at radius 3 is 2.88 bits per heavy atom. The van der Waals surface area contributed by atoms with Gasteiger partial charge in [0.1, 0.15) is 6.54 Å². The first-order valence-electron chi connectivity index (χ1n) is 1.74. The minimum atomic E-state index is -0.571. The van der Waals surface area contributed by atoms with E-state index >= 15 is 0 Å². The predicted molar refractivity (Wildman–Crippen MR) is 28.8 cm³/mol. The van der Waals surface area contributed by atoms with Crippen LogP contribution in [0.1, 0.15) is 0 Å². The standard InChI is InChI=1S/C3H4NO3P/c5-2-4-1-3(6)7-8/h1,8H2. The number of hydrogen-bond donors (Lipinski definition) is 0. The molecule has 0 spiro atoms. The second-order valence-electron chi connectivity index (χ2n) is 0.897. The van der Waals surface area contributed by atoms with Crippen LogP contribution in [0, 0.1) is 0 Å². The first-order chi connectivity index (χ1) is 3.81. The number of aliphatic imine (C=N–C) groups is 1. The van der Waals surface area contributed by atoms with Crippen molar-refractivity contribution in [2.24, 2.45) is 4.99 Å². The molecule has 0 aliphatic rings. The highest BCUT2D eigenvalue weighted by atomic mass is 31.0. The summed E-state index contributed by atoms with van der Waals surface area (Å²) in [5.41, 5.74) is 0. The minimum absolute atomic E-state index is 0.257. The lowest BCUT2D eigenvalue weighted by Crippen LogP contribution is -1.99. The molecule has 0 aliphatic heterocycles. The highest BCUT2D eigenvalue weighted by Crippen LogP contribution is 1.85. The monoisotopic (exact) mass is 133 g/mol. The lowest BCUT2D eigenvalue weighted by atomic mass is 10.7. The van der Waals surface area contributed by atoms with E-state index < -0.39 is 5.97 Å². The Hall–Kier alpha value is -0.720. The number of carbonyl (C=O) groups excluding carboxylic acids is 2. The number of nitrogens with zero attached hydrogens (tertiary/aromatic N) is 1. The van der Waals surface area contributed by atoms with Crippen LogP contribution < -0.4 is 0 Å². The molecule has 4 nitrogen and oxygen atoms in total. The number of carbonyl (C=O) groups is 1. The topological polar surface area (TPSA) is 55.7 Å². The van der Waals surface area contributed by atoms with Crippen LogP contribution in [0.5, 0.6) is 0 Å². The van der Waals surface area contributed by atoms with Gasteiger partial charge in [0.25, 0.3) is 0 Å². The summed E-state index contributed by atoms with van der Waals surface area (Å²) >= 11 is 0. The average Bonchev–Trinajstić information content (AvgIpc) is 1.83. The maximum atomic E-state index is 10.1. The fraction of sp³-hybridized carbons (Fsp3) is 0.333. The van der Waals surface area contributed by atoms with E-state index in [9.17, 15) is 9.59 Å². The normalized spacial score (nSPS) is 7.12. The SMILES string of the molecule is O=C=NCC(=O)OP. The Kier molecular flexibility index (Phi) is 4.04. The van der Waals surface area contributed by atoms with Gasteiger partial charge < -0.3 is 4.52 Å². The van der Waals surface area contributed by atoms with Gasteiger partial charge in [0.05, 0.1) is 9.47 Å². The second-order valence-corrected chi connectivity index (χ2v) is 1.13. The van der Waals surface area contributed by atoms with Gasteiger partial charge in [-0.05, 0) is 0 Å². The van der Waals surface area contributed by atoms with Crippen LogP contribution in [0.15, 0.2) is 4.99 Å². The zero-order chi connectivity index (χ0) is 6.41. The Labute approximate surface area is 48.2 Å². The van der Waals surface area contributed by atoms with Crippen molar-refractivity contribution in [2.45, 2.75) is 0 Å². The highest BCUT2D eigenvalue weighted by molar-refractivity contribution is 7.10. The van der Waals surface area contributed by atoms with E-state index in [4.69, 9.17) is 0 Å². The predicted octanol–water partition coefficient (Wildman–Crippen LogP) is -0.345. The third-order valence-electron chi connectivity index (χ3n) is 0.404. The molecule has 1 atom stereocenters. The van der Waals surface area contributed by atoms with Gasteiger partial charge in [-0.15, -0.1) is 0 Å². The summed E-state index contributed by atoms with van der Waals surface area (Å²) in [6, 6.07) is 0. The summed E-state index contributed by atoms with van der Waals surface area (Å²) in [6.07, 6.45) is 1.20. The Morgan fingerprint density at radius 1 is 1.88 bits per heavy atom. The Morgan fingerprint density at radius 2 is 2.50 bits per heavy atom. The zero-order valence-electron chi connectivity index (χ0n) is 3.96. The van der Waals surface area contributed by atoms with Crippen LogP contribution in [0.4, 0.5) is 0 Å². The van der Waals surface area contributed by atoms with Gasteiger partial charge in [0, 0.05) is 0 Å². The molecule has 0 saturated carbocycles. The molecule has 0 rings (SSSR count). The van der Waals surface area contributed by atoms with Gasteiger partial charge in [0.15, 0.2) is 0 Å². The molecular formula is C3H4NO3P. The van der Waals surface area contributed by atoms with E-state index in [-0.39, 0.29) is 6.54 Å². The third-order valence-corrected chi connectivity index (χ3v) is 0.667. The van der Waals surface area contributed by atoms with E-state index in [2.05, 4.69) is 9.52 Å². The molecule has 5 heteroatoms. The maximum absolute atomic E-state index is 10.1. The molecule has 0 aromatic carbocycles. The van der Waals surface area contributed by atoms with Crippen molar-refractivity contribution < 1.29 is 14.1 Å². The van der Waals surface area contributed by atoms with Crippen LogP contribution in [0.2, 0.25) is 0 Å². The maximum Gasteiger partial charge on any atom is 0.330 e. The molecule has 0 saturated heterocycles. The summed E-state index contributed by atoms with van der Waals surface area (Å²) in [4.78, 5) is 22.3. The summed E-state index contributed by atoms with van der Waals surface area (Å²) in [5.74, 6) is -0.571. The first-order valence-corrected chi connectivity index (χ1v) is 2.21. The van der Waals surface area contributed by atoms with Gasteiger partial charge in [-0.2, -0.15) is 4.99 Å². The number of hydrogen-bond acceptors (Lipinski definition) is 4. The Bertz CT molecular complexity index is 128. The molecule has 44 valence electrons. The van der Waals surface area contributed by atoms with Crippen molar-refractivity contribution in [1.82, 2.24) is 0 Å². The molecule has 0 N–H and O–H groups in total. The zero-order valence-corrected chi connectivity index (χ0v) is 5.11. The molecule has 0 radical (unpaired) electrons. The van der Waals surface area contributed by atoms with Crippen molar-refractivity contribution >= 4 is 21.5 Å². The number of isocyanates is 1. The molecule has 0 bridgehead atoms. The number of rotatable bonds is 2. The minimum Gasteiger partial charge on any atom is -0.450 e. The van der Waals surface area contributed by atoms with E-state index in [1.165, 1.54) is 6.08 Å². The van der Waals surface area contributed by atoms with Crippen LogP contribution in [0.25, 0.3) is 0 Å². The van der Waals surface area contributed by atoms with Crippen molar-refractivity contribution in [2.75, 3.05) is 6.54 Å². The van der Waals surface area contributed by atoms with Crippen LogP contribution in [-0.4, -0.2) is 18.6 Å². The Balaban J connectivity index is 3.39. The van der Waals surface area contributed by atoms with E-state index in [1.807, 2.05) is 0 Å². The van der Waals surface area contributed by atoms with Gasteiger partial charge in [0.2, 0.25) is 6.08 Å². The van der Waals surface area contributed by atoms with Crippen molar-refractivity contribution in [3.63, 3.8) is 0 Å². The third kappa shape index (κ3) is 3.47. The molecule has 0 heterocycles. The van der Waals surface area contributed by atoms with Gasteiger partial charge >= 0.3 is 5.97 Å². The largest absolute Gasteiger partial charge is 0.450 e. The molecule has 0 aromatic rings. The molecule has 8 heavy (non-hydrogen) atoms. The summed E-state index contributed by atoms with van der Waals surface area (Å²) in [5, 5.41) is 0. The quantitative estimate of drug-likeness (QED) is 0.294. The van der Waals surface area contributed by atoms with Gasteiger partial charge in [-0.3, -0.25) is 0 Å². The molecule has 0 amide bonds. The summed E-state index contributed by atoms with van der Waals surface area (Å²) in [7, 11) is 1.75. The first kappa shape index (κ1) is 7.28. The van der Waals surface area contributed by atoms with Gasteiger partial charge in [-0.1, -0.05) is 0 Å². The fourth-order valence-corrected chi connectivity index (χ4v) is 0.209. The average molecular weight is 133 g/mol. The van der Waals surface area contributed by atoms with E-state index in [1.54, 1.807) is 9.47 Å². The lowest BCUT2D eigenvalue weighted by Gasteiger charge is -1.86. The van der Waals surface area contributed by atoms with Crippen molar-refractivity contribution in [1.29, 1.82) is 0 Å². The van der Waals surface area contributed by atoms with Crippen molar-refractivity contribution in [3.8, 4) is 0 Å². The summed E-state index contributed by atoms with van der Waals surface area (Å²) in [6.45, 7) is -0.257. The highest BCUT2D eigenvalue weighted by Gasteiger charge is 1.93.